The van der Waals surface area contributed by atoms with Crippen molar-refractivity contribution in [3.05, 3.63) is 52.6 Å². The zero-order chi connectivity index (χ0) is 17.1. The Kier molecular flexibility index (Phi) is 4.84. The number of esters is 1. The average Bonchev–Trinajstić information content (AvgIpc) is 2.52. The maximum absolute atomic E-state index is 12.1. The number of rotatable bonds is 4. The molecule has 0 aromatic heterocycles. The van der Waals surface area contributed by atoms with Crippen LogP contribution in [0, 0.1) is 20.8 Å². The van der Waals surface area contributed by atoms with Crippen LogP contribution in [-0.2, 0) is 9.53 Å². The topological polar surface area (TPSA) is 69.4 Å². The Morgan fingerprint density at radius 2 is 1.61 bits per heavy atom. The molecule has 0 bridgehead atoms. The zero-order valence-corrected chi connectivity index (χ0v) is 13.9. The van der Waals surface area contributed by atoms with Crippen LogP contribution in [0.1, 0.15) is 34.0 Å². The fourth-order valence-electron chi connectivity index (χ4n) is 2.52. The van der Waals surface area contributed by atoms with Crippen LogP contribution in [0.25, 0.3) is 11.1 Å². The zero-order valence-electron chi connectivity index (χ0n) is 13.9. The van der Waals surface area contributed by atoms with Crippen molar-refractivity contribution < 1.29 is 14.3 Å². The summed E-state index contributed by atoms with van der Waals surface area (Å²) in [5.74, 6) is -1.45. The molecule has 0 fully saturated rings. The molecule has 4 nitrogen and oxygen atoms in total. The molecule has 4 heteroatoms. The predicted molar refractivity (Wildman–Crippen MR) is 91.5 cm³/mol. The third kappa shape index (κ3) is 3.42. The Hall–Kier alpha value is -2.62. The minimum absolute atomic E-state index is 0.180. The van der Waals surface area contributed by atoms with Crippen molar-refractivity contribution in [2.24, 2.45) is 0 Å². The number of ketones is 1. The summed E-state index contributed by atoms with van der Waals surface area (Å²) in [4.78, 5) is 23.8. The first-order valence-corrected chi connectivity index (χ1v) is 7.54. The minimum Gasteiger partial charge on any atom is -0.460 e. The standard InChI is InChI=1S/C19H21NO3/c1-5-23-19(22)18(21)14-7-6-11(2)16(10-14)15-8-12(3)17(20)13(4)9-15/h6-10H,5,20H2,1-4H3. The summed E-state index contributed by atoms with van der Waals surface area (Å²) in [6, 6.07) is 9.20. The van der Waals surface area contributed by atoms with Crippen molar-refractivity contribution in [3.8, 4) is 11.1 Å². The van der Waals surface area contributed by atoms with Gasteiger partial charge in [0.15, 0.2) is 0 Å². The number of anilines is 1. The van der Waals surface area contributed by atoms with E-state index in [1.54, 1.807) is 19.1 Å². The number of aryl methyl sites for hydroxylation is 3. The Bertz CT molecular complexity index is 755. The molecule has 2 aromatic rings. The number of carbonyl (C=O) groups excluding carboxylic acids is 2. The fraction of sp³-hybridized carbons (Fsp3) is 0.263. The maximum atomic E-state index is 12.1. The van der Waals surface area contributed by atoms with Gasteiger partial charge in [-0.1, -0.05) is 12.1 Å². The number of benzene rings is 2. The third-order valence-corrected chi connectivity index (χ3v) is 3.87. The summed E-state index contributed by atoms with van der Waals surface area (Å²) >= 11 is 0. The van der Waals surface area contributed by atoms with Gasteiger partial charge in [0.05, 0.1) is 6.61 Å². The summed E-state index contributed by atoms with van der Waals surface area (Å²) in [6.07, 6.45) is 0. The second-order valence-electron chi connectivity index (χ2n) is 5.60. The molecule has 0 atom stereocenters. The summed E-state index contributed by atoms with van der Waals surface area (Å²) in [7, 11) is 0. The maximum Gasteiger partial charge on any atom is 0.379 e. The van der Waals surface area contributed by atoms with Crippen LogP contribution in [0.3, 0.4) is 0 Å². The number of Topliss-reactive ketones (excluding diaryl/α,β-unsaturated/α-hetero) is 1. The van der Waals surface area contributed by atoms with E-state index in [1.165, 1.54) is 0 Å². The van der Waals surface area contributed by atoms with Crippen molar-refractivity contribution >= 4 is 17.4 Å². The van der Waals surface area contributed by atoms with Crippen LogP contribution in [-0.4, -0.2) is 18.4 Å². The number of nitrogens with two attached hydrogens (primary N) is 1. The fourth-order valence-corrected chi connectivity index (χ4v) is 2.52. The molecule has 2 aromatic carbocycles. The molecule has 0 heterocycles. The highest BCUT2D eigenvalue weighted by Gasteiger charge is 2.18. The molecule has 0 saturated heterocycles. The molecule has 0 unspecified atom stereocenters. The molecule has 2 N–H and O–H groups in total. The summed E-state index contributed by atoms with van der Waals surface area (Å²) < 4.78 is 4.78. The van der Waals surface area contributed by atoms with Gasteiger partial charge in [-0.05, 0) is 73.7 Å². The molecule has 120 valence electrons. The number of nitrogen functional groups attached to an aromatic ring is 1. The van der Waals surface area contributed by atoms with E-state index < -0.39 is 11.8 Å². The first kappa shape index (κ1) is 16.7. The van der Waals surface area contributed by atoms with E-state index in [-0.39, 0.29) is 6.61 Å². The predicted octanol–water partition coefficient (Wildman–Crippen LogP) is 3.61. The van der Waals surface area contributed by atoms with E-state index in [0.29, 0.717) is 5.56 Å². The van der Waals surface area contributed by atoms with E-state index in [2.05, 4.69) is 0 Å². The highest BCUT2D eigenvalue weighted by Crippen LogP contribution is 2.29. The van der Waals surface area contributed by atoms with E-state index >= 15 is 0 Å². The molecule has 0 spiro atoms. The highest BCUT2D eigenvalue weighted by molar-refractivity contribution is 6.40. The summed E-state index contributed by atoms with van der Waals surface area (Å²) in [5.41, 5.74) is 12.0. The van der Waals surface area contributed by atoms with Gasteiger partial charge in [-0.2, -0.15) is 0 Å². The molecular formula is C19H21NO3. The van der Waals surface area contributed by atoms with Crippen molar-refractivity contribution in [2.75, 3.05) is 12.3 Å². The molecule has 0 amide bonds. The molecule has 0 saturated carbocycles. The average molecular weight is 311 g/mol. The molecule has 0 radical (unpaired) electrons. The Balaban J connectivity index is 2.50. The monoisotopic (exact) mass is 311 g/mol. The van der Waals surface area contributed by atoms with Crippen molar-refractivity contribution in [1.82, 2.24) is 0 Å². The molecular weight excluding hydrogens is 290 g/mol. The first-order valence-electron chi connectivity index (χ1n) is 7.54. The molecule has 0 aliphatic carbocycles. The van der Waals surface area contributed by atoms with Gasteiger partial charge in [0, 0.05) is 11.3 Å². The van der Waals surface area contributed by atoms with Gasteiger partial charge in [0.25, 0.3) is 5.78 Å². The SMILES string of the molecule is CCOC(=O)C(=O)c1ccc(C)c(-c2cc(C)c(N)c(C)c2)c1. The van der Waals surface area contributed by atoms with Crippen LogP contribution in [0.15, 0.2) is 30.3 Å². The van der Waals surface area contributed by atoms with E-state index in [9.17, 15) is 9.59 Å². The number of carbonyl (C=O) groups is 2. The lowest BCUT2D eigenvalue weighted by Gasteiger charge is -2.12. The normalized spacial score (nSPS) is 10.4. The Labute approximate surface area is 136 Å². The molecule has 0 aliphatic rings. The minimum atomic E-state index is -0.827. The van der Waals surface area contributed by atoms with Crippen LogP contribution < -0.4 is 5.73 Å². The van der Waals surface area contributed by atoms with Crippen LogP contribution in [0.4, 0.5) is 5.69 Å². The van der Waals surface area contributed by atoms with Gasteiger partial charge in [0.1, 0.15) is 0 Å². The van der Waals surface area contributed by atoms with E-state index in [4.69, 9.17) is 10.5 Å². The number of hydrogen-bond acceptors (Lipinski definition) is 4. The van der Waals surface area contributed by atoms with E-state index in [1.807, 2.05) is 39.0 Å². The molecule has 0 aliphatic heterocycles. The van der Waals surface area contributed by atoms with Gasteiger partial charge < -0.3 is 10.5 Å². The lowest BCUT2D eigenvalue weighted by Crippen LogP contribution is -2.17. The van der Waals surface area contributed by atoms with Crippen LogP contribution in [0.5, 0.6) is 0 Å². The van der Waals surface area contributed by atoms with Crippen molar-refractivity contribution in [1.29, 1.82) is 0 Å². The van der Waals surface area contributed by atoms with Crippen LogP contribution >= 0.6 is 0 Å². The van der Waals surface area contributed by atoms with Gasteiger partial charge >= 0.3 is 5.97 Å². The second kappa shape index (κ2) is 6.65. The summed E-state index contributed by atoms with van der Waals surface area (Å²) in [6.45, 7) is 7.73. The van der Waals surface area contributed by atoms with E-state index in [0.717, 1.165) is 33.5 Å². The van der Waals surface area contributed by atoms with Crippen molar-refractivity contribution in [2.45, 2.75) is 27.7 Å². The van der Waals surface area contributed by atoms with Crippen molar-refractivity contribution in [3.63, 3.8) is 0 Å². The Morgan fingerprint density at radius 3 is 2.17 bits per heavy atom. The summed E-state index contributed by atoms with van der Waals surface area (Å²) in [5, 5.41) is 0. The largest absolute Gasteiger partial charge is 0.460 e. The number of ether oxygens (including phenoxy) is 1. The Morgan fingerprint density at radius 1 is 1.00 bits per heavy atom. The van der Waals surface area contributed by atoms with Gasteiger partial charge in [-0.15, -0.1) is 0 Å². The lowest BCUT2D eigenvalue weighted by atomic mass is 9.93. The third-order valence-electron chi connectivity index (χ3n) is 3.87. The van der Waals surface area contributed by atoms with Gasteiger partial charge in [-0.3, -0.25) is 4.79 Å². The number of hydrogen-bond donors (Lipinski definition) is 1. The van der Waals surface area contributed by atoms with Crippen LogP contribution in [0.2, 0.25) is 0 Å². The molecule has 23 heavy (non-hydrogen) atoms. The first-order chi connectivity index (χ1) is 10.8. The second-order valence-corrected chi connectivity index (χ2v) is 5.60. The lowest BCUT2D eigenvalue weighted by molar-refractivity contribution is -0.137. The smallest absolute Gasteiger partial charge is 0.379 e. The highest BCUT2D eigenvalue weighted by atomic mass is 16.5. The quantitative estimate of drug-likeness (QED) is 0.405. The molecule has 2 rings (SSSR count). The van der Waals surface area contributed by atoms with Gasteiger partial charge in [0.2, 0.25) is 0 Å². The van der Waals surface area contributed by atoms with Gasteiger partial charge in [-0.25, -0.2) is 4.79 Å².